The Kier molecular flexibility index (Phi) is 6.34. The Bertz CT molecular complexity index is 1050. The molecule has 2 heterocycles. The molecule has 2 aromatic carbocycles. The van der Waals surface area contributed by atoms with Gasteiger partial charge in [0.2, 0.25) is 0 Å². The first kappa shape index (κ1) is 22.1. The van der Waals surface area contributed by atoms with Gasteiger partial charge in [0.15, 0.2) is 0 Å². The summed E-state index contributed by atoms with van der Waals surface area (Å²) in [6, 6.07) is 13.8. The number of aryl methyl sites for hydroxylation is 1. The van der Waals surface area contributed by atoms with Gasteiger partial charge in [-0.05, 0) is 73.4 Å². The molecule has 0 aliphatic carbocycles. The normalized spacial score (nSPS) is 17.1. The molecule has 0 spiro atoms. The third kappa shape index (κ3) is 5.38. The molecule has 4 rings (SSSR count). The maximum absolute atomic E-state index is 13.1. The summed E-state index contributed by atoms with van der Waals surface area (Å²) in [7, 11) is 0. The molecule has 32 heavy (non-hydrogen) atoms. The minimum Gasteiger partial charge on any atom is -0.390 e. The number of tetrazole rings is 1. The molecule has 1 fully saturated rings. The molecule has 1 aliphatic heterocycles. The van der Waals surface area contributed by atoms with Gasteiger partial charge in [-0.1, -0.05) is 29.8 Å². The number of nitrogens with zero attached hydrogens (tertiary/aromatic N) is 5. The van der Waals surface area contributed by atoms with Crippen LogP contribution >= 0.6 is 0 Å². The van der Waals surface area contributed by atoms with Crippen LogP contribution < -0.4 is 5.32 Å². The Hall–Kier alpha value is -3.10. The van der Waals surface area contributed by atoms with E-state index >= 15 is 0 Å². The van der Waals surface area contributed by atoms with Crippen molar-refractivity contribution in [3.05, 3.63) is 59.9 Å². The fourth-order valence-electron chi connectivity index (χ4n) is 4.02. The topological polar surface area (TPSA) is 96.2 Å². The van der Waals surface area contributed by atoms with Crippen molar-refractivity contribution < 1.29 is 9.90 Å². The van der Waals surface area contributed by atoms with Gasteiger partial charge in [-0.25, -0.2) is 4.68 Å². The highest BCUT2D eigenvalue weighted by Crippen LogP contribution is 2.25. The Labute approximate surface area is 188 Å². The molecule has 168 valence electrons. The molecule has 1 saturated heterocycles. The minimum absolute atomic E-state index is 0.0231. The summed E-state index contributed by atoms with van der Waals surface area (Å²) in [5.74, 6) is -0.134. The second kappa shape index (κ2) is 9.18. The molecule has 0 radical (unpaired) electrons. The largest absolute Gasteiger partial charge is 0.390 e. The highest BCUT2D eigenvalue weighted by atomic mass is 16.3. The number of aromatic nitrogens is 4. The second-order valence-corrected chi connectivity index (χ2v) is 9.06. The summed E-state index contributed by atoms with van der Waals surface area (Å²) in [5, 5.41) is 24.7. The molecule has 1 aliphatic rings. The smallest absolute Gasteiger partial charge is 0.251 e. The van der Waals surface area contributed by atoms with Gasteiger partial charge >= 0.3 is 0 Å². The Morgan fingerprint density at radius 3 is 2.53 bits per heavy atom. The minimum atomic E-state index is -0.577. The van der Waals surface area contributed by atoms with Gasteiger partial charge in [0.05, 0.1) is 11.3 Å². The van der Waals surface area contributed by atoms with Crippen molar-refractivity contribution in [1.82, 2.24) is 30.4 Å². The molecule has 2 N–H and O–H groups in total. The van der Waals surface area contributed by atoms with E-state index in [9.17, 15) is 9.90 Å². The van der Waals surface area contributed by atoms with Crippen molar-refractivity contribution in [2.24, 2.45) is 0 Å². The number of carbonyl (C=O) groups excluding carboxylic acids is 1. The van der Waals surface area contributed by atoms with E-state index in [1.54, 1.807) is 10.7 Å². The van der Waals surface area contributed by atoms with E-state index in [1.165, 1.54) is 11.9 Å². The van der Waals surface area contributed by atoms with Gasteiger partial charge in [0, 0.05) is 31.2 Å². The van der Waals surface area contributed by atoms with Crippen molar-refractivity contribution in [2.45, 2.75) is 45.3 Å². The average molecular weight is 435 g/mol. The molecule has 1 amide bonds. The van der Waals surface area contributed by atoms with Crippen LogP contribution in [0, 0.1) is 6.92 Å². The highest BCUT2D eigenvalue weighted by Gasteiger charge is 2.28. The van der Waals surface area contributed by atoms with Crippen LogP contribution in [0.15, 0.2) is 48.8 Å². The summed E-state index contributed by atoms with van der Waals surface area (Å²) in [5.41, 5.74) is 3.83. The number of hydrogen-bond donors (Lipinski definition) is 2. The molecule has 0 saturated carbocycles. The quantitative estimate of drug-likeness (QED) is 0.619. The number of amides is 1. The van der Waals surface area contributed by atoms with Crippen molar-refractivity contribution in [3.63, 3.8) is 0 Å². The van der Waals surface area contributed by atoms with E-state index in [1.807, 2.05) is 45.0 Å². The number of piperidine rings is 1. The van der Waals surface area contributed by atoms with E-state index in [0.29, 0.717) is 5.56 Å². The number of benzene rings is 2. The van der Waals surface area contributed by atoms with Crippen LogP contribution in [-0.4, -0.2) is 67.4 Å². The molecule has 1 aromatic heterocycles. The first-order chi connectivity index (χ1) is 15.3. The Balaban J connectivity index is 1.52. The number of likely N-dealkylation sites (tertiary alicyclic amines) is 1. The van der Waals surface area contributed by atoms with Crippen LogP contribution in [0.4, 0.5) is 0 Å². The molecular weight excluding hydrogens is 404 g/mol. The van der Waals surface area contributed by atoms with Gasteiger partial charge in [0.1, 0.15) is 6.33 Å². The maximum atomic E-state index is 13.1. The number of aliphatic hydroxyl groups is 1. The van der Waals surface area contributed by atoms with Crippen LogP contribution in [0.5, 0.6) is 0 Å². The predicted octanol–water partition coefficient (Wildman–Crippen LogP) is 2.60. The lowest BCUT2D eigenvalue weighted by atomic mass is 9.93. The standard InChI is InChI=1S/C24H30N6O2/c1-17-4-6-19(7-5-17)20-12-21(14-22(13-20)30-16-25-27-28-30)23(31)26-18(2)15-29-10-8-24(3,32)9-11-29/h4-7,12-14,16,18,32H,8-11,15H2,1-3H3,(H,26,31). The van der Waals surface area contributed by atoms with E-state index in [-0.39, 0.29) is 11.9 Å². The molecule has 1 unspecified atom stereocenters. The maximum Gasteiger partial charge on any atom is 0.251 e. The van der Waals surface area contributed by atoms with Crippen molar-refractivity contribution in [2.75, 3.05) is 19.6 Å². The van der Waals surface area contributed by atoms with Crippen LogP contribution in [0.2, 0.25) is 0 Å². The predicted molar refractivity (Wildman–Crippen MR) is 123 cm³/mol. The number of rotatable bonds is 6. The van der Waals surface area contributed by atoms with Crippen LogP contribution in [0.3, 0.4) is 0 Å². The zero-order valence-corrected chi connectivity index (χ0v) is 18.8. The lowest BCUT2D eigenvalue weighted by Crippen LogP contribution is -2.48. The van der Waals surface area contributed by atoms with Crippen LogP contribution in [0.25, 0.3) is 16.8 Å². The second-order valence-electron chi connectivity index (χ2n) is 9.06. The summed E-state index contributed by atoms with van der Waals surface area (Å²) in [6.07, 6.45) is 3.02. The lowest BCUT2D eigenvalue weighted by Gasteiger charge is -2.37. The number of nitrogens with one attached hydrogen (secondary N) is 1. The van der Waals surface area contributed by atoms with E-state index in [4.69, 9.17) is 0 Å². The van der Waals surface area contributed by atoms with E-state index in [2.05, 4.69) is 37.9 Å². The first-order valence-electron chi connectivity index (χ1n) is 11.0. The SMILES string of the molecule is Cc1ccc(-c2cc(C(=O)NC(C)CN3CCC(C)(O)CC3)cc(-n3cnnn3)c2)cc1. The molecule has 0 bridgehead atoms. The summed E-state index contributed by atoms with van der Waals surface area (Å²) in [4.78, 5) is 15.4. The fourth-order valence-corrected chi connectivity index (χ4v) is 4.02. The zero-order valence-electron chi connectivity index (χ0n) is 18.8. The molecule has 3 aromatic rings. The zero-order chi connectivity index (χ0) is 22.7. The first-order valence-corrected chi connectivity index (χ1v) is 11.0. The molecule has 8 nitrogen and oxygen atoms in total. The fraction of sp³-hybridized carbons (Fsp3) is 0.417. The third-order valence-electron chi connectivity index (χ3n) is 6.02. The Morgan fingerprint density at radius 2 is 1.88 bits per heavy atom. The van der Waals surface area contributed by atoms with Crippen LogP contribution in [0.1, 0.15) is 42.6 Å². The lowest BCUT2D eigenvalue weighted by molar-refractivity contribution is -0.00685. The van der Waals surface area contributed by atoms with Gasteiger partial charge in [-0.15, -0.1) is 5.10 Å². The molecular formula is C24H30N6O2. The average Bonchev–Trinajstić information content (AvgIpc) is 3.30. The van der Waals surface area contributed by atoms with Gasteiger partial charge < -0.3 is 15.3 Å². The number of carbonyl (C=O) groups is 1. The molecule has 8 heteroatoms. The third-order valence-corrected chi connectivity index (χ3v) is 6.02. The summed E-state index contributed by atoms with van der Waals surface area (Å²) >= 11 is 0. The van der Waals surface area contributed by atoms with E-state index in [0.717, 1.165) is 49.3 Å². The van der Waals surface area contributed by atoms with Gasteiger partial charge in [-0.2, -0.15) is 0 Å². The molecule has 1 atom stereocenters. The highest BCUT2D eigenvalue weighted by molar-refractivity contribution is 5.96. The Morgan fingerprint density at radius 1 is 1.16 bits per heavy atom. The summed E-state index contributed by atoms with van der Waals surface area (Å²) in [6.45, 7) is 8.36. The van der Waals surface area contributed by atoms with Crippen molar-refractivity contribution >= 4 is 5.91 Å². The van der Waals surface area contributed by atoms with Crippen molar-refractivity contribution in [1.29, 1.82) is 0 Å². The van der Waals surface area contributed by atoms with Crippen LogP contribution in [-0.2, 0) is 0 Å². The van der Waals surface area contributed by atoms with Gasteiger partial charge in [-0.3, -0.25) is 4.79 Å². The van der Waals surface area contributed by atoms with E-state index < -0.39 is 5.60 Å². The van der Waals surface area contributed by atoms with Crippen molar-refractivity contribution in [3.8, 4) is 16.8 Å². The monoisotopic (exact) mass is 434 g/mol. The number of hydrogen-bond acceptors (Lipinski definition) is 6. The summed E-state index contributed by atoms with van der Waals surface area (Å²) < 4.78 is 1.55. The van der Waals surface area contributed by atoms with Gasteiger partial charge in [0.25, 0.3) is 5.91 Å².